The van der Waals surface area contributed by atoms with Gasteiger partial charge in [0.25, 0.3) is 0 Å². The molecule has 0 atom stereocenters. The molecule has 1 aliphatic rings. The van der Waals surface area contributed by atoms with Crippen molar-refractivity contribution in [3.63, 3.8) is 0 Å². The molecule has 6 heteroatoms. The minimum atomic E-state index is -0.235. The van der Waals surface area contributed by atoms with Crippen molar-refractivity contribution in [3.05, 3.63) is 44.9 Å². The minimum Gasteiger partial charge on any atom is -0.330 e. The van der Waals surface area contributed by atoms with Gasteiger partial charge in [-0.2, -0.15) is 0 Å². The molecular weight excluding hydrogens is 309 g/mol. The van der Waals surface area contributed by atoms with E-state index in [2.05, 4.69) is 0 Å². The number of rotatable bonds is 3. The number of halogens is 3. The van der Waals surface area contributed by atoms with Gasteiger partial charge in [0.15, 0.2) is 5.78 Å². The summed E-state index contributed by atoms with van der Waals surface area (Å²) >= 11 is 17.6. The third-order valence-corrected chi connectivity index (χ3v) is 3.58. The maximum absolute atomic E-state index is 12.1. The summed E-state index contributed by atoms with van der Waals surface area (Å²) in [6.07, 6.45) is 1.88. The Morgan fingerprint density at radius 3 is 2.68 bits per heavy atom. The van der Waals surface area contributed by atoms with E-state index in [-0.39, 0.29) is 36.2 Å². The molecular formula is C13H10Cl3NO2. The number of carbonyl (C=O) groups is 2. The highest BCUT2D eigenvalue weighted by Gasteiger charge is 2.22. The molecule has 0 aromatic heterocycles. The van der Waals surface area contributed by atoms with Crippen LogP contribution in [0, 0.1) is 0 Å². The van der Waals surface area contributed by atoms with Crippen LogP contribution in [0.1, 0.15) is 16.8 Å². The van der Waals surface area contributed by atoms with E-state index in [1.165, 1.54) is 11.0 Å². The smallest absolute Gasteiger partial charge is 0.227 e. The van der Waals surface area contributed by atoms with Gasteiger partial charge in [-0.15, -0.1) is 0 Å². The van der Waals surface area contributed by atoms with Crippen molar-refractivity contribution in [1.29, 1.82) is 0 Å². The Morgan fingerprint density at radius 1 is 1.26 bits per heavy atom. The van der Waals surface area contributed by atoms with E-state index in [1.54, 1.807) is 18.2 Å². The van der Waals surface area contributed by atoms with Crippen molar-refractivity contribution >= 4 is 46.5 Å². The van der Waals surface area contributed by atoms with Crippen LogP contribution in [0.15, 0.2) is 29.3 Å². The third kappa shape index (κ3) is 3.50. The summed E-state index contributed by atoms with van der Waals surface area (Å²) in [5.41, 5.74) is 0.351. The fourth-order valence-corrected chi connectivity index (χ4v) is 2.52. The molecule has 1 amide bonds. The van der Waals surface area contributed by atoms with Crippen molar-refractivity contribution in [3.8, 4) is 0 Å². The largest absolute Gasteiger partial charge is 0.330 e. The first-order valence-corrected chi connectivity index (χ1v) is 6.71. The van der Waals surface area contributed by atoms with E-state index >= 15 is 0 Å². The molecule has 3 nitrogen and oxygen atoms in total. The summed E-state index contributed by atoms with van der Waals surface area (Å²) in [6.45, 7) is 0.224. The second-order valence-corrected chi connectivity index (χ2v) is 5.48. The molecule has 0 bridgehead atoms. The molecule has 0 unspecified atom stereocenters. The number of amides is 1. The zero-order valence-electron chi connectivity index (χ0n) is 9.83. The number of hydrogen-bond donors (Lipinski definition) is 0. The van der Waals surface area contributed by atoms with Crippen LogP contribution < -0.4 is 0 Å². The van der Waals surface area contributed by atoms with Gasteiger partial charge in [-0.25, -0.2) is 0 Å². The Kier molecular flexibility index (Phi) is 4.50. The van der Waals surface area contributed by atoms with Crippen molar-refractivity contribution in [2.45, 2.75) is 6.42 Å². The molecule has 1 aromatic rings. The number of benzene rings is 1. The Labute approximate surface area is 125 Å². The van der Waals surface area contributed by atoms with E-state index in [4.69, 9.17) is 34.8 Å². The molecule has 0 fully saturated rings. The van der Waals surface area contributed by atoms with Gasteiger partial charge in [0.05, 0.1) is 18.1 Å². The molecule has 0 spiro atoms. The average molecular weight is 319 g/mol. The Hall–Kier alpha value is -1.03. The standard InChI is InChI=1S/C13H10Cl3NO2/c14-8-1-3-10(11(16)5-8)12(18)7-17-6-9(15)2-4-13(17)19/h1-3,5H,4,6-7H2. The summed E-state index contributed by atoms with van der Waals surface area (Å²) in [5.74, 6) is -0.357. The van der Waals surface area contributed by atoms with E-state index < -0.39 is 0 Å². The quantitative estimate of drug-likeness (QED) is 0.800. The van der Waals surface area contributed by atoms with Gasteiger partial charge in [0.1, 0.15) is 0 Å². The fraction of sp³-hybridized carbons (Fsp3) is 0.231. The fourth-order valence-electron chi connectivity index (χ4n) is 1.78. The Balaban J connectivity index is 2.13. The van der Waals surface area contributed by atoms with Gasteiger partial charge in [0.2, 0.25) is 5.91 Å². The van der Waals surface area contributed by atoms with E-state index in [0.29, 0.717) is 15.6 Å². The topological polar surface area (TPSA) is 37.4 Å². The van der Waals surface area contributed by atoms with Crippen LogP contribution in [-0.4, -0.2) is 29.7 Å². The summed E-state index contributed by atoms with van der Waals surface area (Å²) in [6, 6.07) is 4.64. The molecule has 2 rings (SSSR count). The van der Waals surface area contributed by atoms with E-state index in [0.717, 1.165) is 0 Å². The molecule has 0 N–H and O–H groups in total. The van der Waals surface area contributed by atoms with Gasteiger partial charge >= 0.3 is 0 Å². The Morgan fingerprint density at radius 2 is 2.00 bits per heavy atom. The second kappa shape index (κ2) is 5.95. The summed E-state index contributed by atoms with van der Waals surface area (Å²) in [5, 5.41) is 1.31. The zero-order valence-corrected chi connectivity index (χ0v) is 12.1. The van der Waals surface area contributed by atoms with Crippen LogP contribution in [0.5, 0.6) is 0 Å². The first-order chi connectivity index (χ1) is 8.97. The highest BCUT2D eigenvalue weighted by molar-refractivity contribution is 6.37. The Bertz CT molecular complexity index is 569. The maximum atomic E-state index is 12.1. The molecule has 1 heterocycles. The number of Topliss-reactive ketones (excluding diaryl/α,β-unsaturated/α-hetero) is 1. The minimum absolute atomic E-state index is 0.0375. The molecule has 1 aromatic carbocycles. The predicted octanol–water partition coefficient (Wildman–Crippen LogP) is 3.53. The van der Waals surface area contributed by atoms with Gasteiger partial charge in [0, 0.05) is 22.0 Å². The molecule has 0 saturated carbocycles. The van der Waals surface area contributed by atoms with Crippen molar-refractivity contribution in [2.75, 3.05) is 13.1 Å². The number of hydrogen-bond acceptors (Lipinski definition) is 2. The van der Waals surface area contributed by atoms with Crippen LogP contribution in [0.3, 0.4) is 0 Å². The zero-order chi connectivity index (χ0) is 14.0. The molecule has 1 aliphatic heterocycles. The van der Waals surface area contributed by atoms with Crippen LogP contribution in [-0.2, 0) is 4.79 Å². The van der Waals surface area contributed by atoms with Gasteiger partial charge in [-0.3, -0.25) is 9.59 Å². The maximum Gasteiger partial charge on any atom is 0.227 e. The highest BCUT2D eigenvalue weighted by Crippen LogP contribution is 2.22. The molecule has 100 valence electrons. The first kappa shape index (κ1) is 14.4. The highest BCUT2D eigenvalue weighted by atomic mass is 35.5. The summed E-state index contributed by atoms with van der Waals surface area (Å²) in [7, 11) is 0. The molecule has 0 aliphatic carbocycles. The summed E-state index contributed by atoms with van der Waals surface area (Å²) < 4.78 is 0. The number of carbonyl (C=O) groups excluding carboxylic acids is 2. The molecule has 19 heavy (non-hydrogen) atoms. The average Bonchev–Trinajstić information content (AvgIpc) is 2.33. The van der Waals surface area contributed by atoms with Crippen molar-refractivity contribution < 1.29 is 9.59 Å². The first-order valence-electron chi connectivity index (χ1n) is 5.58. The lowest BCUT2D eigenvalue weighted by Crippen LogP contribution is -2.38. The van der Waals surface area contributed by atoms with Crippen LogP contribution in [0.4, 0.5) is 0 Å². The van der Waals surface area contributed by atoms with Gasteiger partial charge in [-0.05, 0) is 18.2 Å². The van der Waals surface area contributed by atoms with Crippen LogP contribution >= 0.6 is 34.8 Å². The number of nitrogens with zero attached hydrogens (tertiary/aromatic N) is 1. The lowest BCUT2D eigenvalue weighted by atomic mass is 10.1. The molecule has 0 radical (unpaired) electrons. The monoisotopic (exact) mass is 317 g/mol. The second-order valence-electron chi connectivity index (χ2n) is 4.15. The normalized spacial score (nSPS) is 15.4. The lowest BCUT2D eigenvalue weighted by molar-refractivity contribution is -0.129. The van der Waals surface area contributed by atoms with E-state index in [1.807, 2.05) is 0 Å². The van der Waals surface area contributed by atoms with Crippen LogP contribution in [0.25, 0.3) is 0 Å². The lowest BCUT2D eigenvalue weighted by Gasteiger charge is -2.24. The number of ketones is 1. The SMILES string of the molecule is O=C(CN1CC(Cl)=CCC1=O)c1ccc(Cl)cc1Cl. The van der Waals surface area contributed by atoms with Crippen LogP contribution in [0.2, 0.25) is 10.0 Å². The summed E-state index contributed by atoms with van der Waals surface area (Å²) in [4.78, 5) is 25.2. The predicted molar refractivity (Wildman–Crippen MR) is 75.9 cm³/mol. The molecule has 0 saturated heterocycles. The van der Waals surface area contributed by atoms with Crippen molar-refractivity contribution in [2.24, 2.45) is 0 Å². The van der Waals surface area contributed by atoms with Gasteiger partial charge < -0.3 is 4.90 Å². The van der Waals surface area contributed by atoms with E-state index in [9.17, 15) is 9.59 Å². The van der Waals surface area contributed by atoms with Crippen molar-refractivity contribution in [1.82, 2.24) is 4.90 Å². The van der Waals surface area contributed by atoms with Gasteiger partial charge in [-0.1, -0.05) is 40.9 Å². The third-order valence-electron chi connectivity index (χ3n) is 2.76.